The molecule has 0 saturated heterocycles. The fourth-order valence-electron chi connectivity index (χ4n) is 1.70. The molecule has 0 unspecified atom stereocenters. The molecule has 0 aliphatic rings. The monoisotopic (exact) mass is 321 g/mol. The maximum absolute atomic E-state index is 11.8. The minimum atomic E-state index is -0.260. The highest BCUT2D eigenvalue weighted by Crippen LogP contribution is 2.22. The molecule has 0 spiro atoms. The summed E-state index contributed by atoms with van der Waals surface area (Å²) < 4.78 is 5.07. The van der Waals surface area contributed by atoms with E-state index in [1.807, 2.05) is 24.3 Å². The van der Waals surface area contributed by atoms with Gasteiger partial charge in [-0.3, -0.25) is 4.79 Å². The quantitative estimate of drug-likeness (QED) is 0.832. The van der Waals surface area contributed by atoms with Crippen molar-refractivity contribution in [2.75, 3.05) is 12.4 Å². The lowest BCUT2D eigenvalue weighted by molar-refractivity contribution is -0.111. The van der Waals surface area contributed by atoms with Crippen LogP contribution >= 0.6 is 23.2 Å². The number of methoxy groups -OCH3 is 1. The zero-order chi connectivity index (χ0) is 15.2. The maximum atomic E-state index is 11.8. The van der Waals surface area contributed by atoms with Crippen molar-refractivity contribution in [2.45, 2.75) is 0 Å². The smallest absolute Gasteiger partial charge is 0.248 e. The lowest BCUT2D eigenvalue weighted by Crippen LogP contribution is -2.07. The summed E-state index contributed by atoms with van der Waals surface area (Å²) in [7, 11) is 1.61. The van der Waals surface area contributed by atoms with Crippen LogP contribution in [0.1, 0.15) is 5.56 Å². The number of hydrogen-bond acceptors (Lipinski definition) is 2. The number of carbonyl (C=O) groups is 1. The number of hydrogen-bond donors (Lipinski definition) is 1. The number of halogens is 2. The van der Waals surface area contributed by atoms with Crippen molar-refractivity contribution in [1.82, 2.24) is 0 Å². The van der Waals surface area contributed by atoms with E-state index in [0.717, 1.165) is 11.3 Å². The Hall–Kier alpha value is -1.97. The SMILES string of the molecule is COc1ccc(/C=C/C(=O)Nc2cc(Cl)cc(Cl)c2)cc1. The second-order valence-electron chi connectivity index (χ2n) is 4.25. The second kappa shape index (κ2) is 7.16. The predicted octanol–water partition coefficient (Wildman–Crippen LogP) is 4.65. The normalized spacial score (nSPS) is 10.6. The summed E-state index contributed by atoms with van der Waals surface area (Å²) in [6, 6.07) is 12.2. The molecule has 0 atom stereocenters. The molecule has 0 aromatic heterocycles. The third kappa shape index (κ3) is 4.81. The van der Waals surface area contributed by atoms with Crippen molar-refractivity contribution in [3.8, 4) is 5.75 Å². The molecule has 0 radical (unpaired) electrons. The molecule has 2 rings (SSSR count). The van der Waals surface area contributed by atoms with Crippen molar-refractivity contribution in [1.29, 1.82) is 0 Å². The minimum Gasteiger partial charge on any atom is -0.497 e. The maximum Gasteiger partial charge on any atom is 0.248 e. The molecule has 5 heteroatoms. The van der Waals surface area contributed by atoms with Crippen LogP contribution in [0.3, 0.4) is 0 Å². The van der Waals surface area contributed by atoms with Gasteiger partial charge in [-0.1, -0.05) is 35.3 Å². The van der Waals surface area contributed by atoms with Crippen molar-refractivity contribution in [3.63, 3.8) is 0 Å². The minimum absolute atomic E-state index is 0.260. The zero-order valence-corrected chi connectivity index (χ0v) is 12.8. The summed E-state index contributed by atoms with van der Waals surface area (Å²) in [6.45, 7) is 0. The molecule has 0 aliphatic heterocycles. The van der Waals surface area contributed by atoms with Gasteiger partial charge in [0.1, 0.15) is 5.75 Å². The van der Waals surface area contributed by atoms with Gasteiger partial charge < -0.3 is 10.1 Å². The highest BCUT2D eigenvalue weighted by atomic mass is 35.5. The van der Waals surface area contributed by atoms with Crippen LogP contribution in [-0.2, 0) is 4.79 Å². The first-order valence-electron chi connectivity index (χ1n) is 6.16. The molecule has 0 aliphatic carbocycles. The molecule has 2 aromatic carbocycles. The molecule has 108 valence electrons. The van der Waals surface area contributed by atoms with E-state index in [2.05, 4.69) is 5.32 Å². The third-order valence-corrected chi connectivity index (χ3v) is 3.11. The molecule has 0 fully saturated rings. The van der Waals surface area contributed by atoms with Gasteiger partial charge in [-0.05, 0) is 42.0 Å². The summed E-state index contributed by atoms with van der Waals surface area (Å²) in [5.41, 5.74) is 1.45. The molecular formula is C16H13Cl2NO2. The molecule has 1 N–H and O–H groups in total. The van der Waals surface area contributed by atoms with Gasteiger partial charge in [-0.2, -0.15) is 0 Å². The number of ether oxygens (including phenoxy) is 1. The van der Waals surface area contributed by atoms with E-state index in [4.69, 9.17) is 27.9 Å². The molecule has 0 saturated carbocycles. The Morgan fingerprint density at radius 2 is 1.71 bits per heavy atom. The summed E-state index contributed by atoms with van der Waals surface area (Å²) in [4.78, 5) is 11.8. The van der Waals surface area contributed by atoms with Gasteiger partial charge in [-0.25, -0.2) is 0 Å². The Bertz CT molecular complexity index is 646. The Labute approximate surface area is 133 Å². The van der Waals surface area contributed by atoms with Crippen molar-refractivity contribution >= 4 is 40.9 Å². The Balaban J connectivity index is 2.01. The van der Waals surface area contributed by atoms with Gasteiger partial charge in [-0.15, -0.1) is 0 Å². The van der Waals surface area contributed by atoms with E-state index in [1.54, 1.807) is 31.4 Å². The zero-order valence-electron chi connectivity index (χ0n) is 11.3. The van der Waals surface area contributed by atoms with Crippen LogP contribution < -0.4 is 10.1 Å². The summed E-state index contributed by atoms with van der Waals surface area (Å²) >= 11 is 11.7. The van der Waals surface area contributed by atoms with Gasteiger partial charge in [0, 0.05) is 21.8 Å². The van der Waals surface area contributed by atoms with E-state index in [9.17, 15) is 4.79 Å². The van der Waals surface area contributed by atoms with Gasteiger partial charge in [0.2, 0.25) is 5.91 Å². The van der Waals surface area contributed by atoms with Gasteiger partial charge in [0.15, 0.2) is 0 Å². The Morgan fingerprint density at radius 3 is 2.29 bits per heavy atom. The molecule has 3 nitrogen and oxygen atoms in total. The average Bonchev–Trinajstić information content (AvgIpc) is 2.44. The first-order valence-corrected chi connectivity index (χ1v) is 6.91. The van der Waals surface area contributed by atoms with Gasteiger partial charge in [0.05, 0.1) is 7.11 Å². The molecule has 2 aromatic rings. The van der Waals surface area contributed by atoms with Crippen LogP contribution in [0.25, 0.3) is 6.08 Å². The fraction of sp³-hybridized carbons (Fsp3) is 0.0625. The lowest BCUT2D eigenvalue weighted by Gasteiger charge is -2.03. The number of anilines is 1. The fourth-order valence-corrected chi connectivity index (χ4v) is 2.22. The number of carbonyl (C=O) groups excluding carboxylic acids is 1. The standard InChI is InChI=1S/C16H13Cl2NO2/c1-21-15-5-2-11(3-6-15)4-7-16(20)19-14-9-12(17)8-13(18)10-14/h2-10H,1H3,(H,19,20)/b7-4+. The number of nitrogens with one attached hydrogen (secondary N) is 1. The Kier molecular flexibility index (Phi) is 5.26. The van der Waals surface area contributed by atoms with Crippen LogP contribution in [0.5, 0.6) is 5.75 Å². The highest BCUT2D eigenvalue weighted by Gasteiger charge is 2.01. The Morgan fingerprint density at radius 1 is 1.10 bits per heavy atom. The topological polar surface area (TPSA) is 38.3 Å². The largest absolute Gasteiger partial charge is 0.497 e. The van der Waals surface area contributed by atoms with Gasteiger partial charge >= 0.3 is 0 Å². The van der Waals surface area contributed by atoms with Crippen LogP contribution in [0, 0.1) is 0 Å². The molecular weight excluding hydrogens is 309 g/mol. The van der Waals surface area contributed by atoms with Gasteiger partial charge in [0.25, 0.3) is 0 Å². The van der Waals surface area contributed by atoms with Crippen LogP contribution in [-0.4, -0.2) is 13.0 Å². The summed E-state index contributed by atoms with van der Waals surface area (Å²) in [6.07, 6.45) is 3.15. The second-order valence-corrected chi connectivity index (χ2v) is 5.13. The first-order chi connectivity index (χ1) is 10.1. The number of rotatable bonds is 4. The van der Waals surface area contributed by atoms with E-state index in [0.29, 0.717) is 15.7 Å². The third-order valence-electron chi connectivity index (χ3n) is 2.67. The number of benzene rings is 2. The van der Waals surface area contributed by atoms with Crippen LogP contribution in [0.2, 0.25) is 10.0 Å². The van der Waals surface area contributed by atoms with Crippen molar-refractivity contribution in [3.05, 3.63) is 64.1 Å². The van der Waals surface area contributed by atoms with E-state index < -0.39 is 0 Å². The van der Waals surface area contributed by atoms with E-state index >= 15 is 0 Å². The average molecular weight is 322 g/mol. The molecule has 21 heavy (non-hydrogen) atoms. The summed E-state index contributed by atoms with van der Waals surface area (Å²) in [5, 5.41) is 3.64. The molecule has 1 amide bonds. The first kappa shape index (κ1) is 15.4. The number of amides is 1. The predicted molar refractivity (Wildman–Crippen MR) is 87.1 cm³/mol. The van der Waals surface area contributed by atoms with Crippen molar-refractivity contribution < 1.29 is 9.53 Å². The van der Waals surface area contributed by atoms with Crippen LogP contribution in [0.4, 0.5) is 5.69 Å². The highest BCUT2D eigenvalue weighted by molar-refractivity contribution is 6.35. The van der Waals surface area contributed by atoms with E-state index in [1.165, 1.54) is 6.08 Å². The van der Waals surface area contributed by atoms with E-state index in [-0.39, 0.29) is 5.91 Å². The summed E-state index contributed by atoms with van der Waals surface area (Å²) in [5.74, 6) is 0.509. The van der Waals surface area contributed by atoms with Crippen LogP contribution in [0.15, 0.2) is 48.5 Å². The molecule has 0 bridgehead atoms. The molecule has 0 heterocycles. The van der Waals surface area contributed by atoms with Crippen molar-refractivity contribution in [2.24, 2.45) is 0 Å². The lowest BCUT2D eigenvalue weighted by atomic mass is 10.2.